The van der Waals surface area contributed by atoms with Crippen LogP contribution in [-0.4, -0.2) is 37.3 Å². The Bertz CT molecular complexity index is 783. The van der Waals surface area contributed by atoms with Crippen molar-refractivity contribution in [3.8, 4) is 0 Å². The Hall–Kier alpha value is -1.69. The Morgan fingerprint density at radius 3 is 2.48 bits per heavy atom. The Kier molecular flexibility index (Phi) is 6.68. The lowest BCUT2D eigenvalue weighted by atomic mass is 9.74. The van der Waals surface area contributed by atoms with Gasteiger partial charge in [0.1, 0.15) is 5.15 Å². The number of aliphatic imine (C=N–C) groups is 1. The number of guanidine groups is 1. The van der Waals surface area contributed by atoms with Gasteiger partial charge in [-0.05, 0) is 24.5 Å². The maximum Gasteiger partial charge on any atom is 0.191 e. The van der Waals surface area contributed by atoms with E-state index in [2.05, 4.69) is 46.0 Å². The van der Waals surface area contributed by atoms with Crippen molar-refractivity contribution in [1.82, 2.24) is 15.2 Å². The maximum atomic E-state index is 6.14. The van der Waals surface area contributed by atoms with Crippen molar-refractivity contribution in [3.05, 3.63) is 57.8 Å². The molecule has 1 saturated heterocycles. The van der Waals surface area contributed by atoms with Crippen molar-refractivity contribution in [3.63, 3.8) is 0 Å². The first-order valence-corrected chi connectivity index (χ1v) is 9.89. The zero-order valence-corrected chi connectivity index (χ0v) is 17.3. The van der Waals surface area contributed by atoms with Gasteiger partial charge in [0.05, 0.1) is 11.6 Å². The molecule has 146 valence electrons. The van der Waals surface area contributed by atoms with Gasteiger partial charge in [-0.2, -0.15) is 0 Å². The Morgan fingerprint density at radius 1 is 1.19 bits per heavy atom. The zero-order valence-electron chi connectivity index (χ0n) is 15.8. The number of nitrogens with one attached hydrogen (secondary N) is 2. The van der Waals surface area contributed by atoms with Gasteiger partial charge in [0, 0.05) is 45.0 Å². The van der Waals surface area contributed by atoms with Gasteiger partial charge in [-0.3, -0.25) is 4.99 Å². The minimum absolute atomic E-state index is 0.0503. The lowest BCUT2D eigenvalue weighted by Crippen LogP contribution is -2.48. The molecule has 5 nitrogen and oxygen atoms in total. The highest BCUT2D eigenvalue weighted by Gasteiger charge is 2.34. The first-order chi connectivity index (χ1) is 13.1. The van der Waals surface area contributed by atoms with E-state index in [1.54, 1.807) is 7.05 Å². The molecule has 1 aliphatic heterocycles. The van der Waals surface area contributed by atoms with Crippen LogP contribution in [-0.2, 0) is 23.7 Å². The fourth-order valence-electron chi connectivity index (χ4n) is 3.53. The number of aromatic nitrogens is 1. The summed E-state index contributed by atoms with van der Waals surface area (Å²) in [5.74, 6) is 0.755. The van der Waals surface area contributed by atoms with Crippen LogP contribution in [0.3, 0.4) is 0 Å². The fourth-order valence-corrected chi connectivity index (χ4v) is 3.94. The quantitative estimate of drug-likeness (QED) is 0.584. The smallest absolute Gasteiger partial charge is 0.191 e. The van der Waals surface area contributed by atoms with Gasteiger partial charge in [0.15, 0.2) is 5.96 Å². The van der Waals surface area contributed by atoms with E-state index in [-0.39, 0.29) is 5.41 Å². The summed E-state index contributed by atoms with van der Waals surface area (Å²) >= 11 is 12.2. The first kappa shape index (κ1) is 20.1. The standard InChI is InChI=1S/C20H26Cl2N4O/c1-23-19(24-13-16-12-17(21)18(22)26(16)2)25-14-20(8-10-27-11-9-20)15-6-4-3-5-7-15/h3-7,12H,8-11,13-14H2,1-2H3,(H2,23,24,25). The molecule has 2 aromatic rings. The molecule has 0 aliphatic carbocycles. The second-order valence-corrected chi connectivity index (χ2v) is 7.64. The molecule has 2 heterocycles. The van der Waals surface area contributed by atoms with Gasteiger partial charge in [-0.25, -0.2) is 0 Å². The summed E-state index contributed by atoms with van der Waals surface area (Å²) in [6.45, 7) is 2.95. The molecule has 1 aliphatic rings. The lowest BCUT2D eigenvalue weighted by molar-refractivity contribution is 0.0514. The van der Waals surface area contributed by atoms with Gasteiger partial charge in [0.25, 0.3) is 0 Å². The maximum absolute atomic E-state index is 6.14. The van der Waals surface area contributed by atoms with Gasteiger partial charge >= 0.3 is 0 Å². The van der Waals surface area contributed by atoms with E-state index in [1.807, 2.05) is 17.7 Å². The van der Waals surface area contributed by atoms with Crippen molar-refractivity contribution in [2.45, 2.75) is 24.8 Å². The predicted octanol–water partition coefficient (Wildman–Crippen LogP) is 3.75. The van der Waals surface area contributed by atoms with Crippen LogP contribution in [0.25, 0.3) is 0 Å². The van der Waals surface area contributed by atoms with Crippen LogP contribution in [0.5, 0.6) is 0 Å². The van der Waals surface area contributed by atoms with Crippen molar-refractivity contribution in [2.24, 2.45) is 12.0 Å². The van der Waals surface area contributed by atoms with Crippen LogP contribution in [0, 0.1) is 0 Å². The number of ether oxygens (including phenoxy) is 1. The molecule has 2 N–H and O–H groups in total. The molecule has 0 atom stereocenters. The largest absolute Gasteiger partial charge is 0.381 e. The molecule has 1 aromatic heterocycles. The van der Waals surface area contributed by atoms with E-state index >= 15 is 0 Å². The van der Waals surface area contributed by atoms with E-state index in [1.165, 1.54) is 5.56 Å². The molecular weight excluding hydrogens is 383 g/mol. The average Bonchev–Trinajstić information content (AvgIpc) is 2.96. The minimum Gasteiger partial charge on any atom is -0.381 e. The molecule has 7 heteroatoms. The third-order valence-electron chi connectivity index (χ3n) is 5.31. The minimum atomic E-state index is 0.0503. The highest BCUT2D eigenvalue weighted by molar-refractivity contribution is 6.41. The van der Waals surface area contributed by atoms with Crippen LogP contribution in [0.1, 0.15) is 24.1 Å². The molecule has 0 spiro atoms. The van der Waals surface area contributed by atoms with E-state index in [0.29, 0.717) is 16.7 Å². The predicted molar refractivity (Wildman–Crippen MR) is 112 cm³/mol. The molecular formula is C20H26Cl2N4O. The van der Waals surface area contributed by atoms with E-state index in [4.69, 9.17) is 27.9 Å². The molecule has 0 unspecified atom stereocenters. The Morgan fingerprint density at radius 2 is 1.89 bits per heavy atom. The van der Waals surface area contributed by atoms with Crippen LogP contribution in [0.15, 0.2) is 41.4 Å². The number of rotatable bonds is 5. The summed E-state index contributed by atoms with van der Waals surface area (Å²) in [6, 6.07) is 12.5. The van der Waals surface area contributed by atoms with Crippen LogP contribution in [0.2, 0.25) is 10.2 Å². The van der Waals surface area contributed by atoms with Gasteiger partial charge in [-0.15, -0.1) is 0 Å². The molecule has 27 heavy (non-hydrogen) atoms. The van der Waals surface area contributed by atoms with E-state index < -0.39 is 0 Å². The van der Waals surface area contributed by atoms with E-state index in [9.17, 15) is 0 Å². The van der Waals surface area contributed by atoms with Crippen molar-refractivity contribution >= 4 is 29.2 Å². The second-order valence-electron chi connectivity index (χ2n) is 6.87. The highest BCUT2D eigenvalue weighted by Crippen LogP contribution is 2.34. The summed E-state index contributed by atoms with van der Waals surface area (Å²) in [5.41, 5.74) is 2.39. The first-order valence-electron chi connectivity index (χ1n) is 9.13. The SMILES string of the molecule is CN=C(NCc1cc(Cl)c(Cl)n1C)NCC1(c2ccccc2)CCOCC1. The number of hydrogen-bond acceptors (Lipinski definition) is 2. The molecule has 0 saturated carbocycles. The van der Waals surface area contributed by atoms with Crippen LogP contribution < -0.4 is 10.6 Å². The summed E-state index contributed by atoms with van der Waals surface area (Å²) in [4.78, 5) is 4.36. The number of benzene rings is 1. The van der Waals surface area contributed by atoms with Crippen LogP contribution in [0.4, 0.5) is 0 Å². The number of nitrogens with zero attached hydrogens (tertiary/aromatic N) is 2. The molecule has 1 aromatic carbocycles. The highest BCUT2D eigenvalue weighted by atomic mass is 35.5. The summed E-state index contributed by atoms with van der Waals surface area (Å²) in [5, 5.41) is 7.95. The zero-order chi connectivity index (χ0) is 19.3. The molecule has 0 bridgehead atoms. The molecule has 0 radical (unpaired) electrons. The molecule has 1 fully saturated rings. The topological polar surface area (TPSA) is 50.6 Å². The van der Waals surface area contributed by atoms with Crippen molar-refractivity contribution in [1.29, 1.82) is 0 Å². The monoisotopic (exact) mass is 408 g/mol. The summed E-state index contributed by atoms with van der Waals surface area (Å²) < 4.78 is 7.48. The average molecular weight is 409 g/mol. The Labute approximate surface area is 170 Å². The summed E-state index contributed by atoms with van der Waals surface area (Å²) in [7, 11) is 3.67. The third kappa shape index (κ3) is 4.60. The Balaban J connectivity index is 1.65. The van der Waals surface area contributed by atoms with Gasteiger partial charge in [0.2, 0.25) is 0 Å². The number of halogens is 2. The van der Waals surface area contributed by atoms with Gasteiger partial charge in [-0.1, -0.05) is 53.5 Å². The molecule has 3 rings (SSSR count). The van der Waals surface area contributed by atoms with Crippen molar-refractivity contribution < 1.29 is 4.74 Å². The lowest BCUT2D eigenvalue weighted by Gasteiger charge is -2.38. The normalized spacial score (nSPS) is 17.0. The third-order valence-corrected chi connectivity index (χ3v) is 6.15. The second kappa shape index (κ2) is 9.00. The fraction of sp³-hybridized carbons (Fsp3) is 0.450. The van der Waals surface area contributed by atoms with Crippen molar-refractivity contribution in [2.75, 3.05) is 26.8 Å². The van der Waals surface area contributed by atoms with Gasteiger partial charge < -0.3 is 19.9 Å². The summed E-state index contributed by atoms with van der Waals surface area (Å²) in [6.07, 6.45) is 1.98. The molecule has 0 amide bonds. The number of hydrogen-bond donors (Lipinski definition) is 2. The van der Waals surface area contributed by atoms with E-state index in [0.717, 1.165) is 44.3 Å². The van der Waals surface area contributed by atoms with Crippen LogP contribution >= 0.6 is 23.2 Å².